The van der Waals surface area contributed by atoms with Gasteiger partial charge in [0.25, 0.3) is 0 Å². The minimum absolute atomic E-state index is 0.162. The Morgan fingerprint density at radius 1 is 1.26 bits per heavy atom. The van der Waals surface area contributed by atoms with Crippen LogP contribution in [-0.2, 0) is 9.59 Å². The maximum Gasteiger partial charge on any atom is 0.330 e. The highest BCUT2D eigenvalue weighted by Gasteiger charge is 2.33. The smallest absolute Gasteiger partial charge is 0.330 e. The molecule has 0 saturated heterocycles. The zero-order valence-electron chi connectivity index (χ0n) is 10.6. The minimum Gasteiger partial charge on any atom is -0.479 e. The van der Waals surface area contributed by atoms with Gasteiger partial charge in [-0.05, 0) is 18.4 Å². The maximum atomic E-state index is 12.1. The predicted octanol–water partition coefficient (Wildman–Crippen LogP) is 1.06. The van der Waals surface area contributed by atoms with E-state index in [1.54, 1.807) is 30.3 Å². The third kappa shape index (κ3) is 3.12. The van der Waals surface area contributed by atoms with E-state index in [-0.39, 0.29) is 17.9 Å². The van der Waals surface area contributed by atoms with E-state index in [1.165, 1.54) is 0 Å². The zero-order chi connectivity index (χ0) is 13.8. The molecule has 1 aromatic rings. The molecule has 1 aromatic carbocycles. The average Bonchev–Trinajstić information content (AvgIpc) is 2.82. The first-order chi connectivity index (χ1) is 9.09. The molecule has 2 rings (SSSR count). The molecule has 0 radical (unpaired) electrons. The van der Waals surface area contributed by atoms with Gasteiger partial charge >= 0.3 is 5.97 Å². The topological polar surface area (TPSA) is 92.4 Å². The van der Waals surface area contributed by atoms with Crippen molar-refractivity contribution in [3.8, 4) is 0 Å². The maximum absolute atomic E-state index is 12.1. The van der Waals surface area contributed by atoms with Crippen LogP contribution in [0.3, 0.4) is 0 Å². The van der Waals surface area contributed by atoms with Crippen molar-refractivity contribution in [2.45, 2.75) is 31.3 Å². The van der Waals surface area contributed by atoms with Crippen molar-refractivity contribution in [1.29, 1.82) is 0 Å². The van der Waals surface area contributed by atoms with Crippen LogP contribution in [0.2, 0.25) is 0 Å². The number of aliphatic carboxylic acids is 1. The van der Waals surface area contributed by atoms with Crippen molar-refractivity contribution in [2.24, 2.45) is 11.7 Å². The van der Waals surface area contributed by atoms with Crippen molar-refractivity contribution >= 4 is 11.9 Å². The van der Waals surface area contributed by atoms with Crippen LogP contribution in [0.25, 0.3) is 0 Å². The normalized spacial score (nSPS) is 23.8. The van der Waals surface area contributed by atoms with E-state index in [2.05, 4.69) is 5.32 Å². The lowest BCUT2D eigenvalue weighted by Gasteiger charge is -2.20. The number of carbonyl (C=O) groups excluding carboxylic acids is 1. The lowest BCUT2D eigenvalue weighted by atomic mass is 10.0. The second-order valence-corrected chi connectivity index (χ2v) is 4.89. The molecule has 1 aliphatic carbocycles. The van der Waals surface area contributed by atoms with Crippen molar-refractivity contribution in [3.63, 3.8) is 0 Å². The molecule has 2 unspecified atom stereocenters. The lowest BCUT2D eigenvalue weighted by Crippen LogP contribution is -2.42. The van der Waals surface area contributed by atoms with Crippen LogP contribution < -0.4 is 11.1 Å². The molecule has 1 saturated carbocycles. The summed E-state index contributed by atoms with van der Waals surface area (Å²) < 4.78 is 0. The van der Waals surface area contributed by atoms with Crippen LogP contribution in [-0.4, -0.2) is 23.0 Å². The standard InChI is InChI=1S/C14H18N2O3/c15-11-8-4-7-10(11)13(17)16-12(14(18)19)9-5-2-1-3-6-9/h1-3,5-6,10-12H,4,7-8,15H2,(H,16,17)(H,18,19)/t10?,11?,12-/m0/s1. The highest BCUT2D eigenvalue weighted by atomic mass is 16.4. The fourth-order valence-corrected chi connectivity index (χ4v) is 2.50. The first-order valence-corrected chi connectivity index (χ1v) is 6.43. The minimum atomic E-state index is -1.06. The third-order valence-electron chi connectivity index (χ3n) is 3.57. The number of nitrogens with two attached hydrogens (primary N) is 1. The van der Waals surface area contributed by atoms with Gasteiger partial charge in [0.05, 0.1) is 5.92 Å². The highest BCUT2D eigenvalue weighted by molar-refractivity contribution is 5.86. The molecular weight excluding hydrogens is 244 g/mol. The fraction of sp³-hybridized carbons (Fsp3) is 0.429. The lowest BCUT2D eigenvalue weighted by molar-refractivity contribution is -0.142. The molecular formula is C14H18N2O3. The largest absolute Gasteiger partial charge is 0.479 e. The summed E-state index contributed by atoms with van der Waals surface area (Å²) in [6, 6.07) is 7.50. The third-order valence-corrected chi connectivity index (χ3v) is 3.57. The monoisotopic (exact) mass is 262 g/mol. The number of hydrogen-bond donors (Lipinski definition) is 3. The molecule has 5 heteroatoms. The number of carboxylic acid groups (broad SMARTS) is 1. The van der Waals surface area contributed by atoms with Gasteiger partial charge in [-0.25, -0.2) is 4.79 Å². The van der Waals surface area contributed by atoms with E-state index >= 15 is 0 Å². The molecule has 0 heterocycles. The molecule has 5 nitrogen and oxygen atoms in total. The Morgan fingerprint density at radius 3 is 2.47 bits per heavy atom. The second-order valence-electron chi connectivity index (χ2n) is 4.89. The van der Waals surface area contributed by atoms with Gasteiger partial charge in [-0.2, -0.15) is 0 Å². The van der Waals surface area contributed by atoms with Crippen molar-refractivity contribution in [2.75, 3.05) is 0 Å². The predicted molar refractivity (Wildman–Crippen MR) is 70.3 cm³/mol. The summed E-state index contributed by atoms with van der Waals surface area (Å²) in [7, 11) is 0. The molecule has 1 amide bonds. The molecule has 0 aromatic heterocycles. The molecule has 1 aliphatic rings. The van der Waals surface area contributed by atoms with Crippen LogP contribution in [0.5, 0.6) is 0 Å². The summed E-state index contributed by atoms with van der Waals surface area (Å²) in [5.41, 5.74) is 6.43. The Morgan fingerprint density at radius 2 is 1.95 bits per heavy atom. The van der Waals surface area contributed by atoms with Crippen LogP contribution in [0, 0.1) is 5.92 Å². The van der Waals surface area contributed by atoms with Crippen LogP contribution >= 0.6 is 0 Å². The molecule has 3 atom stereocenters. The molecule has 0 aliphatic heterocycles. The van der Waals surface area contributed by atoms with Crippen LogP contribution in [0.15, 0.2) is 30.3 Å². The van der Waals surface area contributed by atoms with E-state index in [0.717, 1.165) is 19.3 Å². The highest BCUT2D eigenvalue weighted by Crippen LogP contribution is 2.25. The molecule has 0 spiro atoms. The van der Waals surface area contributed by atoms with Gasteiger partial charge in [0.1, 0.15) is 0 Å². The SMILES string of the molecule is NC1CCCC1C(=O)N[C@H](C(=O)O)c1ccccc1. The van der Waals surface area contributed by atoms with Crippen molar-refractivity contribution in [1.82, 2.24) is 5.32 Å². The second kappa shape index (κ2) is 5.84. The van der Waals surface area contributed by atoms with Gasteiger partial charge in [-0.3, -0.25) is 4.79 Å². The van der Waals surface area contributed by atoms with E-state index in [0.29, 0.717) is 5.56 Å². The summed E-state index contributed by atoms with van der Waals surface area (Å²) in [5, 5.41) is 11.8. The summed E-state index contributed by atoms with van der Waals surface area (Å²) in [5.74, 6) is -1.60. The Balaban J connectivity index is 2.09. The van der Waals surface area contributed by atoms with Gasteiger partial charge in [0.15, 0.2) is 6.04 Å². The summed E-state index contributed by atoms with van der Waals surface area (Å²) in [6.07, 6.45) is 2.47. The summed E-state index contributed by atoms with van der Waals surface area (Å²) >= 11 is 0. The van der Waals surface area contributed by atoms with Crippen molar-refractivity contribution in [3.05, 3.63) is 35.9 Å². The van der Waals surface area contributed by atoms with Gasteiger partial charge < -0.3 is 16.2 Å². The fourth-order valence-electron chi connectivity index (χ4n) is 2.50. The molecule has 19 heavy (non-hydrogen) atoms. The summed E-state index contributed by atoms with van der Waals surface area (Å²) in [6.45, 7) is 0. The van der Waals surface area contributed by atoms with Gasteiger partial charge in [0.2, 0.25) is 5.91 Å². The van der Waals surface area contributed by atoms with Crippen LogP contribution in [0.4, 0.5) is 0 Å². The number of nitrogens with one attached hydrogen (secondary N) is 1. The first-order valence-electron chi connectivity index (χ1n) is 6.43. The van der Waals surface area contributed by atoms with E-state index in [1.807, 2.05) is 0 Å². The van der Waals surface area contributed by atoms with E-state index in [4.69, 9.17) is 5.73 Å². The van der Waals surface area contributed by atoms with E-state index in [9.17, 15) is 14.7 Å². The van der Waals surface area contributed by atoms with Gasteiger partial charge in [-0.15, -0.1) is 0 Å². The number of carbonyl (C=O) groups is 2. The Hall–Kier alpha value is -1.88. The number of benzene rings is 1. The zero-order valence-corrected chi connectivity index (χ0v) is 10.6. The van der Waals surface area contributed by atoms with Gasteiger partial charge in [0, 0.05) is 6.04 Å². The number of amides is 1. The molecule has 1 fully saturated rings. The van der Waals surface area contributed by atoms with E-state index < -0.39 is 12.0 Å². The molecule has 102 valence electrons. The quantitative estimate of drug-likeness (QED) is 0.756. The summed E-state index contributed by atoms with van der Waals surface area (Å²) in [4.78, 5) is 23.4. The Bertz CT molecular complexity index is 461. The van der Waals surface area contributed by atoms with Gasteiger partial charge in [-0.1, -0.05) is 36.8 Å². The first kappa shape index (κ1) is 13.5. The number of hydrogen-bond acceptors (Lipinski definition) is 3. The Kier molecular flexibility index (Phi) is 4.16. The number of carboxylic acids is 1. The molecule has 4 N–H and O–H groups in total. The van der Waals surface area contributed by atoms with Crippen molar-refractivity contribution < 1.29 is 14.7 Å². The average molecular weight is 262 g/mol. The number of rotatable bonds is 4. The van der Waals surface area contributed by atoms with Crippen LogP contribution in [0.1, 0.15) is 30.9 Å². The Labute approximate surface area is 111 Å². The molecule has 0 bridgehead atoms.